The topological polar surface area (TPSA) is 79.6 Å². The zero-order valence-electron chi connectivity index (χ0n) is 6.90. The van der Waals surface area contributed by atoms with Crippen LogP contribution in [0.2, 0.25) is 0 Å². The van der Waals surface area contributed by atoms with E-state index in [9.17, 15) is 0 Å². The standard InChI is InChI=1S/C8H13NO3/c1-5(11)8(9)7-3-2-6(4-10)12-7/h2-3,5,8,10-11H,4,9H2,1H3. The number of hydrogen-bond acceptors (Lipinski definition) is 4. The van der Waals surface area contributed by atoms with Crippen LogP contribution in [0.1, 0.15) is 24.5 Å². The van der Waals surface area contributed by atoms with Crippen LogP contribution in [0.5, 0.6) is 0 Å². The van der Waals surface area contributed by atoms with Crippen LogP contribution in [0.3, 0.4) is 0 Å². The van der Waals surface area contributed by atoms with Gasteiger partial charge in [0.05, 0.1) is 12.1 Å². The van der Waals surface area contributed by atoms with Crippen molar-refractivity contribution in [3.05, 3.63) is 23.7 Å². The van der Waals surface area contributed by atoms with Crippen molar-refractivity contribution in [3.8, 4) is 0 Å². The molecule has 2 atom stereocenters. The largest absolute Gasteiger partial charge is 0.462 e. The molecule has 2 unspecified atom stereocenters. The molecule has 1 rings (SSSR count). The predicted octanol–water partition coefficient (Wildman–Crippen LogP) is 0.153. The summed E-state index contributed by atoms with van der Waals surface area (Å²) in [5.41, 5.74) is 5.58. The van der Waals surface area contributed by atoms with Gasteiger partial charge in [0.2, 0.25) is 0 Å². The molecule has 4 N–H and O–H groups in total. The first-order valence-corrected chi connectivity index (χ1v) is 3.78. The SMILES string of the molecule is CC(O)C(N)c1ccc(CO)o1. The maximum Gasteiger partial charge on any atom is 0.129 e. The van der Waals surface area contributed by atoms with E-state index < -0.39 is 12.1 Å². The number of furan rings is 1. The van der Waals surface area contributed by atoms with Crippen LogP contribution >= 0.6 is 0 Å². The molecule has 1 aromatic rings. The number of rotatable bonds is 3. The highest BCUT2D eigenvalue weighted by molar-refractivity contribution is 5.10. The lowest BCUT2D eigenvalue weighted by Crippen LogP contribution is -2.22. The zero-order chi connectivity index (χ0) is 9.14. The molecule has 0 aromatic carbocycles. The maximum atomic E-state index is 9.11. The van der Waals surface area contributed by atoms with E-state index in [1.807, 2.05) is 0 Å². The Hall–Kier alpha value is -0.840. The summed E-state index contributed by atoms with van der Waals surface area (Å²) < 4.78 is 5.12. The molecule has 1 aromatic heterocycles. The Morgan fingerprint density at radius 2 is 2.25 bits per heavy atom. The minimum Gasteiger partial charge on any atom is -0.462 e. The second kappa shape index (κ2) is 3.71. The molecule has 0 bridgehead atoms. The van der Waals surface area contributed by atoms with Gasteiger partial charge in [-0.1, -0.05) is 0 Å². The second-order valence-electron chi connectivity index (χ2n) is 2.73. The van der Waals surface area contributed by atoms with E-state index >= 15 is 0 Å². The van der Waals surface area contributed by atoms with Gasteiger partial charge in [0, 0.05) is 0 Å². The summed E-state index contributed by atoms with van der Waals surface area (Å²) >= 11 is 0. The third-order valence-corrected chi connectivity index (χ3v) is 1.69. The highest BCUT2D eigenvalue weighted by Gasteiger charge is 2.15. The molecule has 0 aliphatic heterocycles. The summed E-state index contributed by atoms with van der Waals surface area (Å²) in [5.74, 6) is 0.954. The molecule has 0 aliphatic carbocycles. The molecular weight excluding hydrogens is 158 g/mol. The summed E-state index contributed by atoms with van der Waals surface area (Å²) in [6, 6.07) is 2.77. The van der Waals surface area contributed by atoms with Crippen molar-refractivity contribution >= 4 is 0 Å². The molecule has 0 spiro atoms. The first-order valence-electron chi connectivity index (χ1n) is 3.78. The Kier molecular flexibility index (Phi) is 2.86. The van der Waals surface area contributed by atoms with Crippen molar-refractivity contribution < 1.29 is 14.6 Å². The molecule has 1 heterocycles. The normalized spacial score (nSPS) is 16.0. The number of hydrogen-bond donors (Lipinski definition) is 3. The summed E-state index contributed by atoms with van der Waals surface area (Å²) in [6.07, 6.45) is -0.650. The number of aliphatic hydroxyl groups excluding tert-OH is 2. The average Bonchev–Trinajstić information content (AvgIpc) is 2.50. The van der Waals surface area contributed by atoms with Gasteiger partial charge in [-0.15, -0.1) is 0 Å². The average molecular weight is 171 g/mol. The Morgan fingerprint density at radius 1 is 1.58 bits per heavy atom. The first kappa shape index (κ1) is 9.25. The van der Waals surface area contributed by atoms with Crippen molar-refractivity contribution in [2.24, 2.45) is 5.73 Å². The fraction of sp³-hybridized carbons (Fsp3) is 0.500. The van der Waals surface area contributed by atoms with E-state index in [1.165, 1.54) is 0 Å². The molecular formula is C8H13NO3. The van der Waals surface area contributed by atoms with Gasteiger partial charge in [-0.3, -0.25) is 0 Å². The van der Waals surface area contributed by atoms with Crippen molar-refractivity contribution in [1.82, 2.24) is 0 Å². The second-order valence-corrected chi connectivity index (χ2v) is 2.73. The number of aliphatic hydroxyl groups is 2. The van der Waals surface area contributed by atoms with Crippen LogP contribution < -0.4 is 5.73 Å². The van der Waals surface area contributed by atoms with Crippen molar-refractivity contribution in [2.45, 2.75) is 25.7 Å². The van der Waals surface area contributed by atoms with Crippen molar-refractivity contribution in [1.29, 1.82) is 0 Å². The van der Waals surface area contributed by atoms with Crippen LogP contribution in [0.15, 0.2) is 16.5 Å². The molecule has 0 aliphatic rings. The molecule has 4 nitrogen and oxygen atoms in total. The monoisotopic (exact) mass is 171 g/mol. The summed E-state index contributed by atoms with van der Waals surface area (Å²) in [4.78, 5) is 0. The van der Waals surface area contributed by atoms with Crippen LogP contribution in [-0.4, -0.2) is 16.3 Å². The van der Waals surface area contributed by atoms with Crippen LogP contribution in [-0.2, 0) is 6.61 Å². The smallest absolute Gasteiger partial charge is 0.129 e. The fourth-order valence-corrected chi connectivity index (χ4v) is 0.896. The van der Waals surface area contributed by atoms with Gasteiger partial charge in [0.25, 0.3) is 0 Å². The van der Waals surface area contributed by atoms with Gasteiger partial charge < -0.3 is 20.4 Å². The van der Waals surface area contributed by atoms with Crippen LogP contribution in [0.4, 0.5) is 0 Å². The van der Waals surface area contributed by atoms with Crippen molar-refractivity contribution in [2.75, 3.05) is 0 Å². The number of nitrogens with two attached hydrogens (primary N) is 1. The third kappa shape index (κ3) is 1.85. The maximum absolute atomic E-state index is 9.11. The predicted molar refractivity (Wildman–Crippen MR) is 43.2 cm³/mol. The minimum atomic E-state index is -0.650. The molecule has 0 radical (unpaired) electrons. The fourth-order valence-electron chi connectivity index (χ4n) is 0.896. The Labute approximate surface area is 70.6 Å². The molecule has 0 saturated carbocycles. The first-order chi connectivity index (χ1) is 5.65. The Bertz CT molecular complexity index is 244. The van der Waals surface area contributed by atoms with Gasteiger partial charge in [0.1, 0.15) is 18.1 Å². The lowest BCUT2D eigenvalue weighted by Gasteiger charge is -2.10. The molecule has 0 amide bonds. The van der Waals surface area contributed by atoms with E-state index in [1.54, 1.807) is 19.1 Å². The van der Waals surface area contributed by atoms with Crippen molar-refractivity contribution in [3.63, 3.8) is 0 Å². The van der Waals surface area contributed by atoms with Crippen LogP contribution in [0.25, 0.3) is 0 Å². The van der Waals surface area contributed by atoms with Crippen LogP contribution in [0, 0.1) is 0 Å². The van der Waals surface area contributed by atoms with E-state index in [-0.39, 0.29) is 6.61 Å². The minimum absolute atomic E-state index is 0.146. The summed E-state index contributed by atoms with van der Waals surface area (Å²) in [6.45, 7) is 1.44. The molecule has 0 saturated heterocycles. The quantitative estimate of drug-likeness (QED) is 0.605. The zero-order valence-corrected chi connectivity index (χ0v) is 6.90. The molecule has 68 valence electrons. The summed E-state index contributed by atoms with van der Waals surface area (Å²) in [5, 5.41) is 17.8. The molecule has 4 heteroatoms. The van der Waals surface area contributed by atoms with Gasteiger partial charge in [-0.25, -0.2) is 0 Å². The van der Waals surface area contributed by atoms with Gasteiger partial charge in [-0.2, -0.15) is 0 Å². The molecule has 0 fully saturated rings. The van der Waals surface area contributed by atoms with E-state index in [0.29, 0.717) is 11.5 Å². The molecule has 12 heavy (non-hydrogen) atoms. The highest BCUT2D eigenvalue weighted by Crippen LogP contribution is 2.17. The summed E-state index contributed by atoms with van der Waals surface area (Å²) in [7, 11) is 0. The van der Waals surface area contributed by atoms with Gasteiger partial charge >= 0.3 is 0 Å². The van der Waals surface area contributed by atoms with E-state index in [4.69, 9.17) is 20.4 Å². The van der Waals surface area contributed by atoms with Gasteiger partial charge in [-0.05, 0) is 19.1 Å². The highest BCUT2D eigenvalue weighted by atomic mass is 16.4. The van der Waals surface area contributed by atoms with E-state index in [2.05, 4.69) is 0 Å². The third-order valence-electron chi connectivity index (χ3n) is 1.69. The van der Waals surface area contributed by atoms with Gasteiger partial charge in [0.15, 0.2) is 0 Å². The van der Waals surface area contributed by atoms with E-state index in [0.717, 1.165) is 0 Å². The lowest BCUT2D eigenvalue weighted by atomic mass is 10.1. The Morgan fingerprint density at radius 3 is 2.67 bits per heavy atom. The Balaban J connectivity index is 2.74. The lowest BCUT2D eigenvalue weighted by molar-refractivity contribution is 0.150.